The molecule has 1 saturated heterocycles. The van der Waals surface area contributed by atoms with Gasteiger partial charge in [0.15, 0.2) is 0 Å². The quantitative estimate of drug-likeness (QED) is 0.836. The maximum absolute atomic E-state index is 3.54. The van der Waals surface area contributed by atoms with Gasteiger partial charge in [0, 0.05) is 25.3 Å². The number of benzene rings is 1. The topological polar surface area (TPSA) is 15.3 Å². The van der Waals surface area contributed by atoms with Gasteiger partial charge < -0.3 is 10.2 Å². The van der Waals surface area contributed by atoms with Gasteiger partial charge in [0.2, 0.25) is 0 Å². The minimum Gasteiger partial charge on any atom is -0.371 e. The highest BCUT2D eigenvalue weighted by Gasteiger charge is 2.18. The van der Waals surface area contributed by atoms with Crippen LogP contribution in [-0.4, -0.2) is 19.6 Å². The highest BCUT2D eigenvalue weighted by atomic mass is 15.1. The van der Waals surface area contributed by atoms with Gasteiger partial charge in [0.25, 0.3) is 0 Å². The van der Waals surface area contributed by atoms with E-state index in [9.17, 15) is 0 Å². The van der Waals surface area contributed by atoms with Crippen LogP contribution in [0, 0.1) is 18.8 Å². The van der Waals surface area contributed by atoms with E-state index in [0.717, 1.165) is 19.0 Å². The lowest BCUT2D eigenvalue weighted by atomic mass is 9.95. The van der Waals surface area contributed by atoms with Crippen LogP contribution < -0.4 is 10.2 Å². The van der Waals surface area contributed by atoms with Crippen molar-refractivity contribution in [3.05, 3.63) is 29.3 Å². The molecule has 1 atom stereocenters. The van der Waals surface area contributed by atoms with Gasteiger partial charge in [-0.3, -0.25) is 0 Å². The molecule has 1 unspecified atom stereocenters. The maximum atomic E-state index is 3.54. The zero-order chi connectivity index (χ0) is 15.2. The Morgan fingerprint density at radius 2 is 2.14 bits per heavy atom. The first-order chi connectivity index (χ1) is 10.1. The summed E-state index contributed by atoms with van der Waals surface area (Å²) in [6, 6.07) is 7.01. The summed E-state index contributed by atoms with van der Waals surface area (Å²) in [6.07, 6.45) is 4.06. The van der Waals surface area contributed by atoms with Crippen molar-refractivity contribution in [2.24, 2.45) is 11.8 Å². The van der Waals surface area contributed by atoms with Crippen LogP contribution in [0.2, 0.25) is 0 Å². The molecule has 0 aromatic heterocycles. The number of anilines is 1. The number of nitrogens with zero attached hydrogens (tertiary/aromatic N) is 1. The third-order valence-corrected chi connectivity index (χ3v) is 4.66. The number of aryl methyl sites for hydroxylation is 1. The van der Waals surface area contributed by atoms with Crippen LogP contribution in [0.25, 0.3) is 0 Å². The molecule has 0 saturated carbocycles. The molecule has 0 amide bonds. The summed E-state index contributed by atoms with van der Waals surface area (Å²) in [5.41, 5.74) is 4.27. The van der Waals surface area contributed by atoms with E-state index in [4.69, 9.17) is 0 Å². The second kappa shape index (κ2) is 7.84. The van der Waals surface area contributed by atoms with Crippen LogP contribution in [0.1, 0.15) is 51.2 Å². The molecule has 0 spiro atoms. The predicted octanol–water partition coefficient (Wildman–Crippen LogP) is 4.37. The molecule has 1 aromatic carbocycles. The third-order valence-electron chi connectivity index (χ3n) is 4.66. The second-order valence-electron chi connectivity index (χ2n) is 7.00. The van der Waals surface area contributed by atoms with Crippen molar-refractivity contribution >= 4 is 5.69 Å². The van der Waals surface area contributed by atoms with Crippen molar-refractivity contribution in [1.82, 2.24) is 5.32 Å². The SMILES string of the molecule is CCC1CCCN(c2ccc(CNCC(C)C)c(C)c2)C1. The van der Waals surface area contributed by atoms with Crippen molar-refractivity contribution in [2.75, 3.05) is 24.5 Å². The van der Waals surface area contributed by atoms with Gasteiger partial charge in [-0.25, -0.2) is 0 Å². The molecule has 1 fully saturated rings. The molecule has 1 heterocycles. The summed E-state index contributed by atoms with van der Waals surface area (Å²) < 4.78 is 0. The van der Waals surface area contributed by atoms with E-state index >= 15 is 0 Å². The maximum Gasteiger partial charge on any atom is 0.0369 e. The Morgan fingerprint density at radius 1 is 1.33 bits per heavy atom. The summed E-state index contributed by atoms with van der Waals surface area (Å²) in [6.45, 7) is 13.6. The van der Waals surface area contributed by atoms with Crippen LogP contribution in [0.4, 0.5) is 5.69 Å². The molecule has 0 bridgehead atoms. The number of rotatable bonds is 6. The van der Waals surface area contributed by atoms with E-state index in [0.29, 0.717) is 5.92 Å². The van der Waals surface area contributed by atoms with E-state index in [-0.39, 0.29) is 0 Å². The monoisotopic (exact) mass is 288 g/mol. The van der Waals surface area contributed by atoms with Gasteiger partial charge in [-0.2, -0.15) is 0 Å². The molecule has 2 nitrogen and oxygen atoms in total. The van der Waals surface area contributed by atoms with Gasteiger partial charge in [0.1, 0.15) is 0 Å². The first kappa shape index (κ1) is 16.4. The molecule has 1 aromatic rings. The number of hydrogen-bond donors (Lipinski definition) is 1. The minimum atomic E-state index is 0.712. The van der Waals surface area contributed by atoms with E-state index < -0.39 is 0 Å². The fraction of sp³-hybridized carbons (Fsp3) is 0.684. The summed E-state index contributed by atoms with van der Waals surface area (Å²) >= 11 is 0. The van der Waals surface area contributed by atoms with Crippen molar-refractivity contribution in [1.29, 1.82) is 0 Å². The minimum absolute atomic E-state index is 0.712. The molecular formula is C19H32N2. The standard InChI is InChI=1S/C19H32N2/c1-5-17-7-6-10-21(14-17)19-9-8-18(16(4)11-19)13-20-12-15(2)3/h8-9,11,15,17,20H,5-7,10,12-14H2,1-4H3. The zero-order valence-electron chi connectivity index (χ0n) is 14.3. The fourth-order valence-electron chi connectivity index (χ4n) is 3.20. The molecule has 21 heavy (non-hydrogen) atoms. The lowest BCUT2D eigenvalue weighted by Gasteiger charge is -2.34. The summed E-state index contributed by atoms with van der Waals surface area (Å²) in [5, 5.41) is 3.54. The molecule has 0 aliphatic carbocycles. The lowest BCUT2D eigenvalue weighted by Crippen LogP contribution is -2.35. The van der Waals surface area contributed by atoms with Gasteiger partial charge in [-0.05, 0) is 61.4 Å². The fourth-order valence-corrected chi connectivity index (χ4v) is 3.20. The van der Waals surface area contributed by atoms with E-state index in [1.165, 1.54) is 49.2 Å². The van der Waals surface area contributed by atoms with Crippen molar-refractivity contribution in [3.8, 4) is 0 Å². The lowest BCUT2D eigenvalue weighted by molar-refractivity contribution is 0.404. The first-order valence-electron chi connectivity index (χ1n) is 8.65. The average Bonchev–Trinajstić information content (AvgIpc) is 2.48. The molecule has 1 aliphatic heterocycles. The summed E-state index contributed by atoms with van der Waals surface area (Å²) in [4.78, 5) is 2.58. The van der Waals surface area contributed by atoms with Crippen LogP contribution >= 0.6 is 0 Å². The molecular weight excluding hydrogens is 256 g/mol. The van der Waals surface area contributed by atoms with Crippen molar-refractivity contribution in [3.63, 3.8) is 0 Å². The van der Waals surface area contributed by atoms with Crippen LogP contribution in [-0.2, 0) is 6.54 Å². The second-order valence-corrected chi connectivity index (χ2v) is 7.00. The van der Waals surface area contributed by atoms with E-state index in [1.54, 1.807) is 0 Å². The predicted molar refractivity (Wildman–Crippen MR) is 93.0 cm³/mol. The first-order valence-corrected chi connectivity index (χ1v) is 8.65. The van der Waals surface area contributed by atoms with Crippen LogP contribution in [0.5, 0.6) is 0 Å². The number of nitrogens with one attached hydrogen (secondary N) is 1. The van der Waals surface area contributed by atoms with Gasteiger partial charge in [0.05, 0.1) is 0 Å². The van der Waals surface area contributed by atoms with Gasteiger partial charge in [-0.15, -0.1) is 0 Å². The van der Waals surface area contributed by atoms with Crippen LogP contribution in [0.15, 0.2) is 18.2 Å². The number of piperidine rings is 1. The normalized spacial score (nSPS) is 19.3. The Labute approximate surface area is 130 Å². The number of hydrogen-bond acceptors (Lipinski definition) is 2. The van der Waals surface area contributed by atoms with Crippen molar-refractivity contribution in [2.45, 2.75) is 53.5 Å². The Hall–Kier alpha value is -1.02. The summed E-state index contributed by atoms with van der Waals surface area (Å²) in [5.74, 6) is 1.59. The molecule has 118 valence electrons. The Kier molecular flexibility index (Phi) is 6.10. The molecule has 1 aliphatic rings. The third kappa shape index (κ3) is 4.74. The Bertz CT molecular complexity index is 439. The van der Waals surface area contributed by atoms with E-state index in [2.05, 4.69) is 56.1 Å². The zero-order valence-corrected chi connectivity index (χ0v) is 14.3. The average molecular weight is 288 g/mol. The molecule has 1 N–H and O–H groups in total. The summed E-state index contributed by atoms with van der Waals surface area (Å²) in [7, 11) is 0. The van der Waals surface area contributed by atoms with E-state index in [1.807, 2.05) is 0 Å². The highest BCUT2D eigenvalue weighted by Crippen LogP contribution is 2.26. The largest absolute Gasteiger partial charge is 0.371 e. The molecule has 0 radical (unpaired) electrons. The molecule has 2 rings (SSSR count). The Morgan fingerprint density at radius 3 is 2.81 bits per heavy atom. The smallest absolute Gasteiger partial charge is 0.0369 e. The Balaban J connectivity index is 1.97. The van der Waals surface area contributed by atoms with Gasteiger partial charge in [-0.1, -0.05) is 33.3 Å². The highest BCUT2D eigenvalue weighted by molar-refractivity contribution is 5.51. The van der Waals surface area contributed by atoms with Crippen LogP contribution in [0.3, 0.4) is 0 Å². The van der Waals surface area contributed by atoms with Gasteiger partial charge >= 0.3 is 0 Å². The van der Waals surface area contributed by atoms with Crippen molar-refractivity contribution < 1.29 is 0 Å². The molecule has 2 heteroatoms.